The molecule has 0 radical (unpaired) electrons. The summed E-state index contributed by atoms with van der Waals surface area (Å²) < 4.78 is 17.9. The molecule has 1 unspecified atom stereocenters. The second-order valence-electron chi connectivity index (χ2n) is 10.1. The van der Waals surface area contributed by atoms with E-state index in [1.807, 2.05) is 22.6 Å². The minimum Gasteiger partial charge on any atom is -0.507 e. The Labute approximate surface area is 237 Å². The highest BCUT2D eigenvalue weighted by Gasteiger charge is 2.52. The Kier molecular flexibility index (Phi) is 7.12. The number of methoxy groups -OCH3 is 1. The van der Waals surface area contributed by atoms with Crippen LogP contribution in [0.1, 0.15) is 70.6 Å². The highest BCUT2D eigenvalue weighted by atomic mass is 127. The number of nitrogens with two attached hydrogens (primary N) is 1. The minimum absolute atomic E-state index is 0.167. The van der Waals surface area contributed by atoms with E-state index < -0.39 is 78.0 Å². The van der Waals surface area contributed by atoms with Gasteiger partial charge in [-0.15, -0.1) is 0 Å². The van der Waals surface area contributed by atoms with Crippen LogP contribution in [0.25, 0.3) is 0 Å². The van der Waals surface area contributed by atoms with Gasteiger partial charge >= 0.3 is 0 Å². The summed E-state index contributed by atoms with van der Waals surface area (Å²) in [4.78, 5) is 40.5. The standard InChI is InChI=1S/C27H28INO10/c1-10-22(28)13(29)6-17(38-10)39-15-8-27(36,16(31)9-30)7-12-19(15)26(35)21-20(24(12)33)23(32)11-4-3-5-14(37-2)18(11)25(21)34/h6,14-15,17,30,32,34,36H,3-5,7-9,29H2,1-2H3/t14?,15-,17-,27-/m0/s1. The Morgan fingerprint density at radius 2 is 1.90 bits per heavy atom. The summed E-state index contributed by atoms with van der Waals surface area (Å²) >= 11 is 2.00. The van der Waals surface area contributed by atoms with E-state index in [1.165, 1.54) is 13.2 Å². The fraction of sp³-hybridized carbons (Fsp3) is 0.444. The van der Waals surface area contributed by atoms with Crippen molar-refractivity contribution < 1.29 is 49.0 Å². The van der Waals surface area contributed by atoms with Gasteiger partial charge in [-0.05, 0) is 48.8 Å². The first-order valence-corrected chi connectivity index (χ1v) is 13.5. The normalized spacial score (nSPS) is 28.4. The first kappa shape index (κ1) is 27.8. The van der Waals surface area contributed by atoms with Crippen LogP contribution in [0.5, 0.6) is 11.5 Å². The summed E-state index contributed by atoms with van der Waals surface area (Å²) in [6, 6.07) is 0. The number of fused-ring (bicyclic) bond motifs is 2. The van der Waals surface area contributed by atoms with Crippen LogP contribution in [0.2, 0.25) is 0 Å². The average molecular weight is 653 g/mol. The molecule has 1 aliphatic heterocycles. The summed E-state index contributed by atoms with van der Waals surface area (Å²) in [5, 5.41) is 43.3. The van der Waals surface area contributed by atoms with E-state index >= 15 is 0 Å². The van der Waals surface area contributed by atoms with Crippen LogP contribution in [0.3, 0.4) is 0 Å². The van der Waals surface area contributed by atoms with Gasteiger partial charge in [-0.2, -0.15) is 0 Å². The Hall–Kier alpha value is -2.78. The third-order valence-corrected chi connectivity index (χ3v) is 9.22. The lowest BCUT2D eigenvalue weighted by atomic mass is 9.68. The SMILES string of the molecule is COC1CCCc2c(O)c3c(c(O)c21)C(=O)C1=C(C[C@@](O)(C(=O)CO)C[C@@H]1O[C@H]1C=C(N)C(I)=C(C)O1)C3=O. The maximum atomic E-state index is 14.0. The van der Waals surface area contributed by atoms with Crippen LogP contribution in [-0.4, -0.2) is 69.5 Å². The van der Waals surface area contributed by atoms with Crippen LogP contribution < -0.4 is 5.73 Å². The molecule has 4 aliphatic rings. The van der Waals surface area contributed by atoms with Gasteiger partial charge in [0.25, 0.3) is 0 Å². The van der Waals surface area contributed by atoms with Gasteiger partial charge in [-0.3, -0.25) is 14.4 Å². The second-order valence-corrected chi connectivity index (χ2v) is 11.2. The zero-order valence-corrected chi connectivity index (χ0v) is 23.4. The molecule has 12 heteroatoms. The van der Waals surface area contributed by atoms with E-state index in [0.29, 0.717) is 39.9 Å². The van der Waals surface area contributed by atoms with Gasteiger partial charge < -0.3 is 40.4 Å². The van der Waals surface area contributed by atoms with Crippen molar-refractivity contribution in [3.05, 3.63) is 54.5 Å². The zero-order chi connectivity index (χ0) is 28.4. The van der Waals surface area contributed by atoms with Crippen molar-refractivity contribution in [1.82, 2.24) is 0 Å². The van der Waals surface area contributed by atoms with Gasteiger partial charge in [0, 0.05) is 48.3 Å². The van der Waals surface area contributed by atoms with Crippen LogP contribution in [0.4, 0.5) is 0 Å². The third kappa shape index (κ3) is 4.29. The van der Waals surface area contributed by atoms with Crippen molar-refractivity contribution in [2.75, 3.05) is 13.7 Å². The van der Waals surface area contributed by atoms with Gasteiger partial charge in [0.1, 0.15) is 29.5 Å². The second kappa shape index (κ2) is 10.0. The van der Waals surface area contributed by atoms with E-state index in [4.69, 9.17) is 19.9 Å². The lowest BCUT2D eigenvalue weighted by molar-refractivity contribution is -0.155. The molecule has 0 bridgehead atoms. The number of hydrogen-bond acceptors (Lipinski definition) is 11. The number of phenols is 2. The number of Topliss-reactive ketones (excluding diaryl/α,β-unsaturated/α-hetero) is 3. The van der Waals surface area contributed by atoms with E-state index in [1.54, 1.807) is 6.92 Å². The number of aliphatic hydroxyl groups excluding tert-OH is 1. The molecular weight excluding hydrogens is 625 g/mol. The van der Waals surface area contributed by atoms with E-state index in [-0.39, 0.29) is 22.3 Å². The number of hydrogen-bond donors (Lipinski definition) is 5. The number of aromatic hydroxyl groups is 2. The number of ketones is 3. The number of rotatable bonds is 5. The van der Waals surface area contributed by atoms with Gasteiger partial charge in [-0.1, -0.05) is 0 Å². The lowest BCUT2D eigenvalue weighted by Gasteiger charge is -2.41. The molecule has 11 nitrogen and oxygen atoms in total. The Balaban J connectivity index is 1.66. The molecule has 1 heterocycles. The average Bonchev–Trinajstić information content (AvgIpc) is 2.90. The molecular formula is C27H28INO10. The fourth-order valence-electron chi connectivity index (χ4n) is 5.90. The minimum atomic E-state index is -2.23. The molecule has 0 saturated carbocycles. The summed E-state index contributed by atoms with van der Waals surface area (Å²) in [5.74, 6) is -3.01. The molecule has 39 heavy (non-hydrogen) atoms. The first-order chi connectivity index (χ1) is 18.4. The smallest absolute Gasteiger partial charge is 0.222 e. The summed E-state index contributed by atoms with van der Waals surface area (Å²) in [6.45, 7) is 0.659. The largest absolute Gasteiger partial charge is 0.507 e. The number of carbonyl (C=O) groups is 3. The van der Waals surface area contributed by atoms with E-state index in [9.17, 15) is 34.8 Å². The van der Waals surface area contributed by atoms with Crippen molar-refractivity contribution in [3.8, 4) is 11.5 Å². The van der Waals surface area contributed by atoms with E-state index in [2.05, 4.69) is 0 Å². The molecule has 6 N–H and O–H groups in total. The molecule has 0 saturated heterocycles. The monoisotopic (exact) mass is 653 g/mol. The molecule has 0 spiro atoms. The number of phenolic OH excluding ortho intramolecular Hbond substituents is 2. The van der Waals surface area contributed by atoms with Crippen molar-refractivity contribution in [2.45, 2.75) is 63.1 Å². The van der Waals surface area contributed by atoms with Crippen LogP contribution >= 0.6 is 22.6 Å². The third-order valence-electron chi connectivity index (χ3n) is 7.83. The fourth-order valence-corrected chi connectivity index (χ4v) is 6.21. The number of benzene rings is 1. The quantitative estimate of drug-likeness (QED) is 0.232. The number of carbonyl (C=O) groups excluding carboxylic acids is 3. The highest BCUT2D eigenvalue weighted by Crippen LogP contribution is 2.51. The molecule has 208 valence electrons. The molecule has 0 aromatic heterocycles. The van der Waals surface area contributed by atoms with E-state index in [0.717, 1.165) is 0 Å². The van der Waals surface area contributed by atoms with Gasteiger partial charge in [0.2, 0.25) is 6.29 Å². The maximum Gasteiger partial charge on any atom is 0.222 e. The van der Waals surface area contributed by atoms with Gasteiger partial charge in [0.05, 0.1) is 32.6 Å². The van der Waals surface area contributed by atoms with Crippen molar-refractivity contribution in [2.24, 2.45) is 5.73 Å². The maximum absolute atomic E-state index is 14.0. The molecule has 1 aromatic carbocycles. The summed E-state index contributed by atoms with van der Waals surface area (Å²) in [5.41, 5.74) is 3.57. The van der Waals surface area contributed by atoms with Crippen molar-refractivity contribution >= 4 is 39.9 Å². The number of allylic oxidation sites excluding steroid dienone is 2. The molecule has 3 aliphatic carbocycles. The Morgan fingerprint density at radius 1 is 1.21 bits per heavy atom. The predicted octanol–water partition coefficient (Wildman–Crippen LogP) is 2.13. The number of ether oxygens (including phenoxy) is 3. The van der Waals surface area contributed by atoms with Crippen molar-refractivity contribution in [1.29, 1.82) is 0 Å². The lowest BCUT2D eigenvalue weighted by Crippen LogP contribution is -2.51. The molecule has 0 fully saturated rings. The summed E-state index contributed by atoms with van der Waals surface area (Å²) in [7, 11) is 1.45. The number of halogens is 1. The molecule has 0 amide bonds. The van der Waals surface area contributed by atoms with Crippen LogP contribution in [0.15, 0.2) is 32.3 Å². The van der Waals surface area contributed by atoms with Gasteiger partial charge in [0.15, 0.2) is 17.3 Å². The summed E-state index contributed by atoms with van der Waals surface area (Å²) in [6.07, 6.45) is -1.14. The van der Waals surface area contributed by atoms with Crippen LogP contribution in [0, 0.1) is 0 Å². The molecule has 1 aromatic rings. The molecule has 4 atom stereocenters. The predicted molar refractivity (Wildman–Crippen MR) is 143 cm³/mol. The number of aliphatic hydroxyl groups is 2. The van der Waals surface area contributed by atoms with Gasteiger partial charge in [-0.25, -0.2) is 0 Å². The zero-order valence-electron chi connectivity index (χ0n) is 21.2. The Morgan fingerprint density at radius 3 is 2.54 bits per heavy atom. The molecule has 5 rings (SSSR count). The first-order valence-electron chi connectivity index (χ1n) is 12.4. The topological polar surface area (TPSA) is 186 Å². The Bertz CT molecular complexity index is 1410. The highest BCUT2D eigenvalue weighted by molar-refractivity contribution is 14.1. The van der Waals surface area contributed by atoms with Crippen molar-refractivity contribution in [3.63, 3.8) is 0 Å². The van der Waals surface area contributed by atoms with Crippen LogP contribution in [-0.2, 0) is 25.4 Å².